The number of hydrogen-bond acceptors (Lipinski definition) is 5. The van der Waals surface area contributed by atoms with Crippen molar-refractivity contribution in [3.63, 3.8) is 0 Å². The summed E-state index contributed by atoms with van der Waals surface area (Å²) in [6, 6.07) is 11.3. The van der Waals surface area contributed by atoms with Crippen molar-refractivity contribution >= 4 is 49.3 Å². The van der Waals surface area contributed by atoms with E-state index < -0.39 is 0 Å². The SMILES string of the molecule is COc1cc(OC)c(C=c2sc3nc4ccccc4n3c2=O)cc1Br. The van der Waals surface area contributed by atoms with Crippen molar-refractivity contribution in [1.82, 2.24) is 9.38 Å². The first kappa shape index (κ1) is 16.1. The Hall–Kier alpha value is -2.38. The molecule has 0 aliphatic heterocycles. The van der Waals surface area contributed by atoms with Crippen molar-refractivity contribution in [2.24, 2.45) is 0 Å². The van der Waals surface area contributed by atoms with Crippen LogP contribution in [0.3, 0.4) is 0 Å². The van der Waals surface area contributed by atoms with E-state index in [1.54, 1.807) is 24.7 Å². The zero-order chi connectivity index (χ0) is 17.6. The van der Waals surface area contributed by atoms with Gasteiger partial charge in [-0.3, -0.25) is 4.79 Å². The van der Waals surface area contributed by atoms with E-state index in [0.717, 1.165) is 21.1 Å². The second kappa shape index (κ2) is 6.16. The van der Waals surface area contributed by atoms with Gasteiger partial charge in [-0.15, -0.1) is 0 Å². The molecule has 0 N–H and O–H groups in total. The molecule has 7 heteroatoms. The van der Waals surface area contributed by atoms with Gasteiger partial charge < -0.3 is 9.47 Å². The largest absolute Gasteiger partial charge is 0.496 e. The van der Waals surface area contributed by atoms with Crippen molar-refractivity contribution in [2.75, 3.05) is 14.2 Å². The molecule has 0 amide bonds. The molecule has 0 aliphatic carbocycles. The molecule has 126 valence electrons. The molecule has 2 heterocycles. The summed E-state index contributed by atoms with van der Waals surface area (Å²) in [5, 5.41) is 0. The second-order valence-electron chi connectivity index (χ2n) is 5.36. The van der Waals surface area contributed by atoms with Crippen molar-refractivity contribution < 1.29 is 9.47 Å². The first-order chi connectivity index (χ1) is 12.1. The van der Waals surface area contributed by atoms with Crippen LogP contribution < -0.4 is 19.6 Å². The summed E-state index contributed by atoms with van der Waals surface area (Å²) in [6.45, 7) is 0. The number of imidazole rings is 1. The number of aromatic nitrogens is 2. The molecule has 4 aromatic rings. The molecule has 25 heavy (non-hydrogen) atoms. The molecule has 0 unspecified atom stereocenters. The van der Waals surface area contributed by atoms with E-state index in [0.29, 0.717) is 21.0 Å². The monoisotopic (exact) mass is 416 g/mol. The van der Waals surface area contributed by atoms with E-state index in [-0.39, 0.29) is 5.56 Å². The van der Waals surface area contributed by atoms with Gasteiger partial charge in [0.15, 0.2) is 4.96 Å². The number of fused-ring (bicyclic) bond motifs is 3. The summed E-state index contributed by atoms with van der Waals surface area (Å²) in [7, 11) is 3.19. The van der Waals surface area contributed by atoms with Gasteiger partial charge in [0.1, 0.15) is 11.5 Å². The number of halogens is 1. The van der Waals surface area contributed by atoms with Gasteiger partial charge in [0.2, 0.25) is 0 Å². The minimum absolute atomic E-state index is 0.0808. The van der Waals surface area contributed by atoms with Crippen LogP contribution in [0.15, 0.2) is 45.7 Å². The molecule has 4 rings (SSSR count). The Labute approximate surface area is 155 Å². The predicted octanol–water partition coefficient (Wildman–Crippen LogP) is 3.24. The third-order valence-electron chi connectivity index (χ3n) is 3.94. The predicted molar refractivity (Wildman–Crippen MR) is 103 cm³/mol. The first-order valence-electron chi connectivity index (χ1n) is 7.45. The van der Waals surface area contributed by atoms with Gasteiger partial charge >= 0.3 is 0 Å². The minimum atomic E-state index is -0.0808. The molecule has 0 fully saturated rings. The van der Waals surface area contributed by atoms with Crippen LogP contribution in [0.2, 0.25) is 0 Å². The number of hydrogen-bond donors (Lipinski definition) is 0. The fourth-order valence-corrected chi connectivity index (χ4v) is 4.25. The number of benzene rings is 2. The Bertz CT molecular complexity index is 1210. The fraction of sp³-hybridized carbons (Fsp3) is 0.111. The molecule has 0 aliphatic rings. The fourth-order valence-electron chi connectivity index (χ4n) is 2.75. The van der Waals surface area contributed by atoms with E-state index in [1.165, 1.54) is 11.3 Å². The Morgan fingerprint density at radius 3 is 2.68 bits per heavy atom. The van der Waals surface area contributed by atoms with Gasteiger partial charge in [0, 0.05) is 11.6 Å². The van der Waals surface area contributed by atoms with E-state index in [4.69, 9.17) is 9.47 Å². The molecule has 0 saturated heterocycles. The number of thiazole rings is 1. The summed E-state index contributed by atoms with van der Waals surface area (Å²) < 4.78 is 13.8. The standard InChI is InChI=1S/C18H13BrN2O3S/c1-23-14-9-15(24-2)11(19)7-10(14)8-16-17(22)21-13-6-4-3-5-12(13)20-18(21)25-16/h3-9H,1-2H3. The summed E-state index contributed by atoms with van der Waals surface area (Å²) in [6.07, 6.45) is 1.82. The molecule has 2 aromatic heterocycles. The van der Waals surface area contributed by atoms with E-state index in [2.05, 4.69) is 20.9 Å². The number of para-hydroxylation sites is 2. The van der Waals surface area contributed by atoms with Crippen LogP contribution >= 0.6 is 27.3 Å². The second-order valence-corrected chi connectivity index (χ2v) is 7.23. The molecule has 0 radical (unpaired) electrons. The average molecular weight is 417 g/mol. The maximum Gasteiger partial charge on any atom is 0.274 e. The van der Waals surface area contributed by atoms with Crippen molar-refractivity contribution in [1.29, 1.82) is 0 Å². The van der Waals surface area contributed by atoms with Crippen molar-refractivity contribution in [3.05, 3.63) is 61.3 Å². The summed E-state index contributed by atoms with van der Waals surface area (Å²) >= 11 is 4.83. The molecule has 0 saturated carbocycles. The van der Waals surface area contributed by atoms with Crippen molar-refractivity contribution in [3.8, 4) is 11.5 Å². The van der Waals surface area contributed by atoms with Gasteiger partial charge in [0.25, 0.3) is 5.56 Å². The molecular weight excluding hydrogens is 404 g/mol. The molecular formula is C18H13BrN2O3S. The first-order valence-corrected chi connectivity index (χ1v) is 9.06. The Morgan fingerprint density at radius 1 is 1.16 bits per heavy atom. The van der Waals surface area contributed by atoms with Crippen LogP contribution in [-0.4, -0.2) is 23.6 Å². The Kier molecular flexibility index (Phi) is 3.97. The van der Waals surface area contributed by atoms with Crippen molar-refractivity contribution in [2.45, 2.75) is 0 Å². The maximum absolute atomic E-state index is 12.8. The zero-order valence-electron chi connectivity index (χ0n) is 13.4. The topological polar surface area (TPSA) is 52.8 Å². The van der Waals surface area contributed by atoms with Crippen LogP contribution in [0, 0.1) is 0 Å². The number of nitrogens with zero attached hydrogens (tertiary/aromatic N) is 2. The molecule has 2 aromatic carbocycles. The highest BCUT2D eigenvalue weighted by molar-refractivity contribution is 9.10. The van der Waals surface area contributed by atoms with E-state index in [1.807, 2.05) is 36.4 Å². The highest BCUT2D eigenvalue weighted by Crippen LogP contribution is 2.33. The van der Waals surface area contributed by atoms with E-state index >= 15 is 0 Å². The maximum atomic E-state index is 12.8. The Morgan fingerprint density at radius 2 is 1.92 bits per heavy atom. The lowest BCUT2D eigenvalue weighted by molar-refractivity contribution is 0.392. The van der Waals surface area contributed by atoms with Gasteiger partial charge in [-0.1, -0.05) is 23.5 Å². The molecule has 0 spiro atoms. The van der Waals surface area contributed by atoms with Crippen LogP contribution in [0.4, 0.5) is 0 Å². The zero-order valence-corrected chi connectivity index (χ0v) is 15.8. The number of rotatable bonds is 3. The number of methoxy groups -OCH3 is 2. The molecule has 0 atom stereocenters. The van der Waals surface area contributed by atoms with E-state index in [9.17, 15) is 4.79 Å². The van der Waals surface area contributed by atoms with Crippen LogP contribution in [0.25, 0.3) is 22.1 Å². The molecule has 0 bridgehead atoms. The lowest BCUT2D eigenvalue weighted by atomic mass is 10.2. The lowest BCUT2D eigenvalue weighted by Crippen LogP contribution is -2.22. The Balaban J connectivity index is 1.97. The average Bonchev–Trinajstić information content (AvgIpc) is 3.12. The van der Waals surface area contributed by atoms with Gasteiger partial charge in [-0.25, -0.2) is 9.38 Å². The van der Waals surface area contributed by atoms with Crippen LogP contribution in [0.5, 0.6) is 11.5 Å². The van der Waals surface area contributed by atoms with Crippen LogP contribution in [-0.2, 0) is 0 Å². The number of ether oxygens (including phenoxy) is 2. The lowest BCUT2D eigenvalue weighted by Gasteiger charge is -2.09. The molecule has 5 nitrogen and oxygen atoms in total. The van der Waals surface area contributed by atoms with Crippen LogP contribution in [0.1, 0.15) is 5.56 Å². The summed E-state index contributed by atoms with van der Waals surface area (Å²) in [5.41, 5.74) is 2.35. The highest BCUT2D eigenvalue weighted by atomic mass is 79.9. The van der Waals surface area contributed by atoms with Gasteiger partial charge in [0.05, 0.1) is 34.3 Å². The third kappa shape index (κ3) is 2.60. The summed E-state index contributed by atoms with van der Waals surface area (Å²) in [5.74, 6) is 1.30. The summed E-state index contributed by atoms with van der Waals surface area (Å²) in [4.78, 5) is 18.1. The normalized spacial score (nSPS) is 12.2. The quantitative estimate of drug-likeness (QED) is 0.514. The van der Waals surface area contributed by atoms with Gasteiger partial charge in [-0.05, 0) is 40.2 Å². The van der Waals surface area contributed by atoms with Gasteiger partial charge in [-0.2, -0.15) is 0 Å². The third-order valence-corrected chi connectivity index (χ3v) is 5.52. The minimum Gasteiger partial charge on any atom is -0.496 e. The smallest absolute Gasteiger partial charge is 0.274 e. The highest BCUT2D eigenvalue weighted by Gasteiger charge is 2.12.